The molecule has 2 aromatic heterocycles. The molecule has 0 bridgehead atoms. The number of hydrogen-bond donors (Lipinski definition) is 0. The van der Waals surface area contributed by atoms with E-state index in [1.807, 2.05) is 36.9 Å². The number of amides is 1. The molecule has 0 spiro atoms. The highest BCUT2D eigenvalue weighted by Crippen LogP contribution is 2.34. The standard InChI is InChI=1S/C23H27ClN4OS/c1-14-18-15(2)25-22(23(3,4)5)26-20(18)30-19(14)21(29)28-11-9-27(10-12-28)17-8-6-7-16(24)13-17/h6-8,13H,9-12H2,1-5H3. The van der Waals surface area contributed by atoms with Crippen molar-refractivity contribution >= 4 is 44.7 Å². The number of anilines is 1. The molecule has 1 amide bonds. The highest BCUT2D eigenvalue weighted by molar-refractivity contribution is 7.20. The minimum Gasteiger partial charge on any atom is -0.368 e. The lowest BCUT2D eigenvalue weighted by Crippen LogP contribution is -2.48. The fourth-order valence-electron chi connectivity index (χ4n) is 3.86. The molecule has 0 radical (unpaired) electrons. The summed E-state index contributed by atoms with van der Waals surface area (Å²) in [5.41, 5.74) is 2.92. The smallest absolute Gasteiger partial charge is 0.264 e. The van der Waals surface area contributed by atoms with Gasteiger partial charge in [-0.1, -0.05) is 38.4 Å². The Morgan fingerprint density at radius 1 is 1.10 bits per heavy atom. The van der Waals surface area contributed by atoms with Gasteiger partial charge in [-0.15, -0.1) is 11.3 Å². The number of nitrogens with zero attached hydrogens (tertiary/aromatic N) is 4. The lowest BCUT2D eigenvalue weighted by Gasteiger charge is -2.36. The van der Waals surface area contributed by atoms with E-state index in [0.717, 1.165) is 56.0 Å². The van der Waals surface area contributed by atoms with Gasteiger partial charge in [-0.25, -0.2) is 9.97 Å². The monoisotopic (exact) mass is 442 g/mol. The second-order valence-corrected chi connectivity index (χ2v) is 10.3. The van der Waals surface area contributed by atoms with Crippen LogP contribution >= 0.6 is 22.9 Å². The van der Waals surface area contributed by atoms with Gasteiger partial charge in [-0.2, -0.15) is 0 Å². The summed E-state index contributed by atoms with van der Waals surface area (Å²) in [6.07, 6.45) is 0. The number of benzene rings is 1. The predicted octanol–water partition coefficient (Wildman–Crippen LogP) is 5.22. The van der Waals surface area contributed by atoms with Crippen LogP contribution in [0.1, 0.15) is 47.5 Å². The first-order valence-corrected chi connectivity index (χ1v) is 11.4. The third-order valence-electron chi connectivity index (χ3n) is 5.58. The zero-order chi connectivity index (χ0) is 21.6. The molecule has 7 heteroatoms. The van der Waals surface area contributed by atoms with Gasteiger partial charge in [0.05, 0.1) is 10.6 Å². The van der Waals surface area contributed by atoms with Crippen LogP contribution in [0.2, 0.25) is 5.02 Å². The fraction of sp³-hybridized carbons (Fsp3) is 0.435. The van der Waals surface area contributed by atoms with E-state index in [-0.39, 0.29) is 11.3 Å². The van der Waals surface area contributed by atoms with Gasteiger partial charge in [0.1, 0.15) is 10.7 Å². The normalized spacial score (nSPS) is 15.1. The van der Waals surface area contributed by atoms with Crippen molar-refractivity contribution in [2.45, 2.75) is 40.0 Å². The number of fused-ring (bicyclic) bond motifs is 1. The van der Waals surface area contributed by atoms with Crippen molar-refractivity contribution in [2.24, 2.45) is 0 Å². The number of thiophene rings is 1. The van der Waals surface area contributed by atoms with Gasteiger partial charge < -0.3 is 9.80 Å². The Bertz CT molecular complexity index is 1110. The maximum Gasteiger partial charge on any atom is 0.264 e. The predicted molar refractivity (Wildman–Crippen MR) is 125 cm³/mol. The van der Waals surface area contributed by atoms with Crippen molar-refractivity contribution < 1.29 is 4.79 Å². The van der Waals surface area contributed by atoms with E-state index >= 15 is 0 Å². The molecule has 1 saturated heterocycles. The Morgan fingerprint density at radius 3 is 2.43 bits per heavy atom. The Morgan fingerprint density at radius 2 is 1.80 bits per heavy atom. The van der Waals surface area contributed by atoms with Gasteiger partial charge in [-0.3, -0.25) is 4.79 Å². The molecule has 30 heavy (non-hydrogen) atoms. The number of piperazine rings is 1. The minimum absolute atomic E-state index is 0.0953. The largest absolute Gasteiger partial charge is 0.368 e. The SMILES string of the molecule is Cc1nc(C(C)(C)C)nc2sc(C(=O)N3CCN(c4cccc(Cl)c4)CC3)c(C)c12. The summed E-state index contributed by atoms with van der Waals surface area (Å²) in [5.74, 6) is 0.917. The molecule has 4 rings (SSSR count). The van der Waals surface area contributed by atoms with Crippen LogP contribution in [0.5, 0.6) is 0 Å². The first kappa shape index (κ1) is 21.1. The molecule has 3 aromatic rings. The molecular weight excluding hydrogens is 416 g/mol. The summed E-state index contributed by atoms with van der Waals surface area (Å²) >= 11 is 7.63. The average Bonchev–Trinajstić information content (AvgIpc) is 3.04. The molecule has 0 aliphatic carbocycles. The van der Waals surface area contributed by atoms with Crippen LogP contribution in [-0.2, 0) is 5.41 Å². The zero-order valence-corrected chi connectivity index (χ0v) is 19.7. The third-order valence-corrected chi connectivity index (χ3v) is 6.99. The van der Waals surface area contributed by atoms with Crippen LogP contribution in [0.25, 0.3) is 10.2 Å². The minimum atomic E-state index is -0.127. The number of aromatic nitrogens is 2. The first-order valence-electron chi connectivity index (χ1n) is 10.2. The van der Waals surface area contributed by atoms with Crippen molar-refractivity contribution in [3.63, 3.8) is 0 Å². The lowest BCUT2D eigenvalue weighted by atomic mass is 9.95. The number of aryl methyl sites for hydroxylation is 2. The van der Waals surface area contributed by atoms with Gasteiger partial charge in [0.2, 0.25) is 0 Å². The Kier molecular flexibility index (Phi) is 5.49. The Labute approximate surface area is 186 Å². The van der Waals surface area contributed by atoms with Gasteiger partial charge >= 0.3 is 0 Å². The van der Waals surface area contributed by atoms with Gasteiger partial charge in [0.15, 0.2) is 0 Å². The number of carbonyl (C=O) groups is 1. The lowest BCUT2D eigenvalue weighted by molar-refractivity contribution is 0.0751. The molecule has 0 unspecified atom stereocenters. The number of carbonyl (C=O) groups excluding carboxylic acids is 1. The molecule has 5 nitrogen and oxygen atoms in total. The van der Waals surface area contributed by atoms with Crippen LogP contribution in [0, 0.1) is 13.8 Å². The van der Waals surface area contributed by atoms with Gasteiger partial charge in [-0.05, 0) is 37.6 Å². The molecule has 0 saturated carbocycles. The van der Waals surface area contributed by atoms with E-state index < -0.39 is 0 Å². The van der Waals surface area contributed by atoms with E-state index in [1.54, 1.807) is 0 Å². The van der Waals surface area contributed by atoms with Gasteiger partial charge in [0, 0.05) is 47.7 Å². The summed E-state index contributed by atoms with van der Waals surface area (Å²) < 4.78 is 0. The van der Waals surface area contributed by atoms with E-state index in [9.17, 15) is 4.79 Å². The molecule has 1 aliphatic heterocycles. The summed E-state index contributed by atoms with van der Waals surface area (Å²) in [6.45, 7) is 13.3. The molecule has 158 valence electrons. The highest BCUT2D eigenvalue weighted by atomic mass is 35.5. The maximum absolute atomic E-state index is 13.3. The maximum atomic E-state index is 13.3. The molecular formula is C23H27ClN4OS. The zero-order valence-electron chi connectivity index (χ0n) is 18.1. The Balaban J connectivity index is 1.57. The Hall–Kier alpha value is -2.18. The molecule has 1 aromatic carbocycles. The number of hydrogen-bond acceptors (Lipinski definition) is 5. The molecule has 3 heterocycles. The molecule has 1 aliphatic rings. The van der Waals surface area contributed by atoms with Crippen molar-refractivity contribution in [3.8, 4) is 0 Å². The van der Waals surface area contributed by atoms with Crippen molar-refractivity contribution in [3.05, 3.63) is 51.2 Å². The average molecular weight is 443 g/mol. The second kappa shape index (κ2) is 7.82. The van der Waals surface area contributed by atoms with Crippen LogP contribution in [0.4, 0.5) is 5.69 Å². The van der Waals surface area contributed by atoms with Crippen LogP contribution < -0.4 is 4.90 Å². The summed E-state index contributed by atoms with van der Waals surface area (Å²) in [7, 11) is 0. The van der Waals surface area contributed by atoms with Crippen molar-refractivity contribution in [1.29, 1.82) is 0 Å². The summed E-state index contributed by atoms with van der Waals surface area (Å²) in [4.78, 5) is 28.8. The fourth-order valence-corrected chi connectivity index (χ4v) is 5.25. The van der Waals surface area contributed by atoms with Crippen LogP contribution in [0.3, 0.4) is 0 Å². The second-order valence-electron chi connectivity index (χ2n) is 8.88. The summed E-state index contributed by atoms with van der Waals surface area (Å²) in [6, 6.07) is 7.88. The molecule has 0 atom stereocenters. The van der Waals surface area contributed by atoms with Crippen LogP contribution in [0.15, 0.2) is 24.3 Å². The van der Waals surface area contributed by atoms with Crippen LogP contribution in [-0.4, -0.2) is 47.0 Å². The molecule has 0 N–H and O–H groups in total. The quantitative estimate of drug-likeness (QED) is 0.545. The van der Waals surface area contributed by atoms with E-state index in [2.05, 4.69) is 31.7 Å². The topological polar surface area (TPSA) is 49.3 Å². The molecule has 1 fully saturated rings. The third kappa shape index (κ3) is 3.91. The van der Waals surface area contributed by atoms with Crippen molar-refractivity contribution in [1.82, 2.24) is 14.9 Å². The highest BCUT2D eigenvalue weighted by Gasteiger charge is 2.28. The van der Waals surface area contributed by atoms with E-state index in [0.29, 0.717) is 13.1 Å². The number of rotatable bonds is 2. The van der Waals surface area contributed by atoms with E-state index in [4.69, 9.17) is 21.6 Å². The summed E-state index contributed by atoms with van der Waals surface area (Å²) in [5, 5.41) is 1.76. The van der Waals surface area contributed by atoms with Gasteiger partial charge in [0.25, 0.3) is 5.91 Å². The van der Waals surface area contributed by atoms with Crippen molar-refractivity contribution in [2.75, 3.05) is 31.1 Å². The number of halogens is 1. The van der Waals surface area contributed by atoms with E-state index in [1.165, 1.54) is 11.3 Å². The first-order chi connectivity index (χ1) is 14.1.